The van der Waals surface area contributed by atoms with Crippen molar-refractivity contribution in [2.45, 2.75) is 84.9 Å². The molecule has 3 unspecified atom stereocenters. The number of carbonyl (C=O) groups excluding carboxylic acids is 1. The molecule has 2 aliphatic rings. The molecule has 0 aromatic carbocycles. The van der Waals surface area contributed by atoms with Crippen molar-refractivity contribution in [2.75, 3.05) is 24.5 Å². The van der Waals surface area contributed by atoms with Gasteiger partial charge in [0, 0.05) is 31.6 Å². The number of aryl methyl sites for hydroxylation is 2. The number of aromatic nitrogens is 3. The van der Waals surface area contributed by atoms with Crippen molar-refractivity contribution in [1.82, 2.24) is 19.4 Å². The number of rotatable bonds is 3. The number of hydrogen-bond donors (Lipinski definition) is 1. The number of carboxylic acid groups (broad SMARTS) is 1. The van der Waals surface area contributed by atoms with Crippen LogP contribution in [0.2, 0.25) is 0 Å². The number of aliphatic carboxylic acids is 1. The first-order valence-corrected chi connectivity index (χ1v) is 12.2. The molecule has 10 heteroatoms. The number of amides is 1. The highest BCUT2D eigenvalue weighted by Gasteiger charge is 2.41. The van der Waals surface area contributed by atoms with Crippen molar-refractivity contribution >= 4 is 28.9 Å². The molecule has 2 aromatic rings. The molecule has 35 heavy (non-hydrogen) atoms. The standard InChI is InChI=1S/C25H35N5O5/c1-8-16-12-28(24(34)35-25(5,6)7)9-10-29(16)20-19-13(2)11-17(23(32)33)30(19)22-18(21(20)31)26-14(3)15(4)27-22/h13,16-17H,8-12H2,1-7H3,(H,32,33). The molecule has 10 nitrogen and oxygen atoms in total. The lowest BCUT2D eigenvalue weighted by atomic mass is 10.00. The summed E-state index contributed by atoms with van der Waals surface area (Å²) in [5, 5.41) is 10.00. The second-order valence-corrected chi connectivity index (χ2v) is 10.7. The molecule has 4 rings (SSSR count). The molecule has 0 bridgehead atoms. The molecular formula is C25H35N5O5. The quantitative estimate of drug-likeness (QED) is 0.703. The first-order valence-electron chi connectivity index (χ1n) is 12.2. The highest BCUT2D eigenvalue weighted by atomic mass is 16.6. The fourth-order valence-electron chi connectivity index (χ4n) is 5.19. The van der Waals surface area contributed by atoms with E-state index in [1.165, 1.54) is 0 Å². The Kier molecular flexibility index (Phi) is 6.27. The normalized spacial score (nSPS) is 22.4. The lowest BCUT2D eigenvalue weighted by Gasteiger charge is -2.43. The molecule has 0 aliphatic carbocycles. The molecule has 3 atom stereocenters. The van der Waals surface area contributed by atoms with Gasteiger partial charge in [-0.2, -0.15) is 0 Å². The monoisotopic (exact) mass is 485 g/mol. The highest BCUT2D eigenvalue weighted by molar-refractivity contribution is 5.83. The van der Waals surface area contributed by atoms with Crippen molar-refractivity contribution in [3.8, 4) is 0 Å². The van der Waals surface area contributed by atoms with E-state index in [1.807, 2.05) is 46.4 Å². The van der Waals surface area contributed by atoms with Gasteiger partial charge in [0.1, 0.15) is 17.3 Å². The predicted octanol–water partition coefficient (Wildman–Crippen LogP) is 3.38. The summed E-state index contributed by atoms with van der Waals surface area (Å²) in [7, 11) is 0. The molecule has 2 aromatic heterocycles. The van der Waals surface area contributed by atoms with Crippen molar-refractivity contribution < 1.29 is 19.4 Å². The molecule has 0 spiro atoms. The minimum atomic E-state index is -0.951. The predicted molar refractivity (Wildman–Crippen MR) is 132 cm³/mol. The topological polar surface area (TPSA) is 118 Å². The van der Waals surface area contributed by atoms with Crippen LogP contribution < -0.4 is 10.3 Å². The van der Waals surface area contributed by atoms with Crippen molar-refractivity contribution in [3.05, 3.63) is 27.3 Å². The Balaban J connectivity index is 1.86. The van der Waals surface area contributed by atoms with Gasteiger partial charge in [0.25, 0.3) is 0 Å². The summed E-state index contributed by atoms with van der Waals surface area (Å²) >= 11 is 0. The average Bonchev–Trinajstić information content (AvgIpc) is 3.11. The van der Waals surface area contributed by atoms with Gasteiger partial charge in [-0.25, -0.2) is 19.6 Å². The molecular weight excluding hydrogens is 450 g/mol. The molecule has 4 heterocycles. The molecule has 2 aliphatic heterocycles. The van der Waals surface area contributed by atoms with Crippen LogP contribution in [-0.4, -0.2) is 67.9 Å². The number of carboxylic acids is 1. The molecule has 1 amide bonds. The van der Waals surface area contributed by atoms with Crippen LogP contribution in [0.25, 0.3) is 11.2 Å². The molecule has 1 saturated heterocycles. The Labute approximate surface area is 204 Å². The first kappa shape index (κ1) is 24.9. The average molecular weight is 486 g/mol. The maximum Gasteiger partial charge on any atom is 0.410 e. The van der Waals surface area contributed by atoms with Crippen LogP contribution in [0.1, 0.15) is 76.5 Å². The Morgan fingerprint density at radius 3 is 2.40 bits per heavy atom. The summed E-state index contributed by atoms with van der Waals surface area (Å²) in [6, 6.07) is -0.942. The van der Waals surface area contributed by atoms with E-state index in [4.69, 9.17) is 4.74 Å². The van der Waals surface area contributed by atoms with E-state index >= 15 is 0 Å². The highest BCUT2D eigenvalue weighted by Crippen LogP contribution is 2.42. The van der Waals surface area contributed by atoms with Crippen LogP contribution >= 0.6 is 0 Å². The third-order valence-electron chi connectivity index (χ3n) is 6.98. The van der Waals surface area contributed by atoms with Gasteiger partial charge in [0.2, 0.25) is 5.43 Å². The third-order valence-corrected chi connectivity index (χ3v) is 6.98. The second kappa shape index (κ2) is 8.80. The minimum absolute atomic E-state index is 0.123. The molecule has 0 radical (unpaired) electrons. The maximum atomic E-state index is 13.9. The van der Waals surface area contributed by atoms with Gasteiger partial charge in [0.15, 0.2) is 11.2 Å². The van der Waals surface area contributed by atoms with Gasteiger partial charge in [0.05, 0.1) is 17.1 Å². The van der Waals surface area contributed by atoms with E-state index in [-0.39, 0.29) is 29.0 Å². The number of fused-ring (bicyclic) bond motifs is 3. The number of nitrogens with zero attached hydrogens (tertiary/aromatic N) is 5. The largest absolute Gasteiger partial charge is 0.480 e. The van der Waals surface area contributed by atoms with E-state index in [9.17, 15) is 19.5 Å². The summed E-state index contributed by atoms with van der Waals surface area (Å²) in [5.74, 6) is -1.10. The summed E-state index contributed by atoms with van der Waals surface area (Å²) < 4.78 is 7.28. The SMILES string of the molecule is CCC1CN(C(=O)OC(C)(C)C)CCN1c1c2n(c3nc(C)c(C)nc3c1=O)C(C(=O)O)CC2C. The second-order valence-electron chi connectivity index (χ2n) is 10.7. The van der Waals surface area contributed by atoms with Crippen LogP contribution in [0.15, 0.2) is 4.79 Å². The van der Waals surface area contributed by atoms with Crippen LogP contribution in [0.3, 0.4) is 0 Å². The molecule has 0 saturated carbocycles. The number of piperazine rings is 1. The van der Waals surface area contributed by atoms with E-state index in [1.54, 1.807) is 16.4 Å². The van der Waals surface area contributed by atoms with Crippen molar-refractivity contribution in [2.24, 2.45) is 0 Å². The Morgan fingerprint density at radius 1 is 1.14 bits per heavy atom. The zero-order valence-electron chi connectivity index (χ0n) is 21.6. The first-order chi connectivity index (χ1) is 16.3. The zero-order valence-corrected chi connectivity index (χ0v) is 21.6. The van der Waals surface area contributed by atoms with Gasteiger partial charge in [-0.05, 0) is 47.5 Å². The zero-order chi connectivity index (χ0) is 25.8. The number of carbonyl (C=O) groups is 2. The molecule has 190 valence electrons. The maximum absolute atomic E-state index is 13.9. The third kappa shape index (κ3) is 4.34. The van der Waals surface area contributed by atoms with E-state index in [0.717, 1.165) is 0 Å². The summed E-state index contributed by atoms with van der Waals surface area (Å²) in [4.78, 5) is 51.8. The Bertz CT molecular complexity index is 1250. The summed E-state index contributed by atoms with van der Waals surface area (Å²) in [6.45, 7) is 14.3. The van der Waals surface area contributed by atoms with Crippen molar-refractivity contribution in [1.29, 1.82) is 0 Å². The van der Waals surface area contributed by atoms with Crippen LogP contribution in [-0.2, 0) is 9.53 Å². The fraction of sp³-hybridized carbons (Fsp3) is 0.640. The Hall–Kier alpha value is -3.17. The fourth-order valence-corrected chi connectivity index (χ4v) is 5.19. The van der Waals surface area contributed by atoms with Crippen LogP contribution in [0.4, 0.5) is 10.5 Å². The van der Waals surface area contributed by atoms with Gasteiger partial charge in [-0.15, -0.1) is 0 Å². The van der Waals surface area contributed by atoms with Gasteiger partial charge >= 0.3 is 12.1 Å². The smallest absolute Gasteiger partial charge is 0.410 e. The molecule has 1 N–H and O–H groups in total. The number of hydrogen-bond acceptors (Lipinski definition) is 7. The van der Waals surface area contributed by atoms with Gasteiger partial charge in [-0.1, -0.05) is 13.8 Å². The number of pyridine rings is 1. The van der Waals surface area contributed by atoms with Crippen LogP contribution in [0.5, 0.6) is 0 Å². The van der Waals surface area contributed by atoms with E-state index < -0.39 is 17.6 Å². The summed E-state index contributed by atoms with van der Waals surface area (Å²) in [5.41, 5.74) is 2.18. The molecule has 1 fully saturated rings. The number of ether oxygens (including phenoxy) is 1. The minimum Gasteiger partial charge on any atom is -0.480 e. The lowest BCUT2D eigenvalue weighted by Crippen LogP contribution is -2.56. The van der Waals surface area contributed by atoms with E-state index in [0.29, 0.717) is 60.9 Å². The lowest BCUT2D eigenvalue weighted by molar-refractivity contribution is -0.140. The van der Waals surface area contributed by atoms with Crippen molar-refractivity contribution in [3.63, 3.8) is 0 Å². The Morgan fingerprint density at radius 2 is 1.80 bits per heavy atom. The van der Waals surface area contributed by atoms with Gasteiger partial charge in [-0.3, -0.25) is 4.79 Å². The van der Waals surface area contributed by atoms with E-state index in [2.05, 4.69) is 9.97 Å². The number of anilines is 1. The summed E-state index contributed by atoms with van der Waals surface area (Å²) in [6.07, 6.45) is 0.711. The van der Waals surface area contributed by atoms with Gasteiger partial charge < -0.3 is 24.2 Å². The van der Waals surface area contributed by atoms with Crippen LogP contribution in [0, 0.1) is 13.8 Å².